The quantitative estimate of drug-likeness (QED) is 0.837. The molecule has 0 radical (unpaired) electrons. The summed E-state index contributed by atoms with van der Waals surface area (Å²) in [6.45, 7) is 0.302. The lowest BCUT2D eigenvalue weighted by Gasteiger charge is -2.19. The second kappa shape index (κ2) is 6.88. The van der Waals surface area contributed by atoms with Crippen LogP contribution in [0.2, 0.25) is 0 Å². The first-order valence-corrected chi connectivity index (χ1v) is 6.33. The zero-order valence-corrected chi connectivity index (χ0v) is 11.3. The fourth-order valence-corrected chi connectivity index (χ4v) is 1.89. The third kappa shape index (κ3) is 3.26. The van der Waals surface area contributed by atoms with E-state index in [4.69, 9.17) is 20.3 Å². The Hall–Kier alpha value is -2.11. The smallest absolute Gasteiger partial charge is 0.162 e. The van der Waals surface area contributed by atoms with Crippen LogP contribution in [0.15, 0.2) is 42.7 Å². The molecule has 5 nitrogen and oxygen atoms in total. The molecule has 0 aliphatic heterocycles. The Morgan fingerprint density at radius 1 is 1.20 bits per heavy atom. The average Bonchev–Trinajstić information content (AvgIpc) is 2.53. The molecule has 3 N–H and O–H groups in total. The molecule has 0 bridgehead atoms. The molecule has 1 unspecified atom stereocenters. The van der Waals surface area contributed by atoms with Crippen molar-refractivity contribution in [1.29, 1.82) is 0 Å². The second-order valence-corrected chi connectivity index (χ2v) is 4.27. The van der Waals surface area contributed by atoms with Crippen molar-refractivity contribution in [2.75, 3.05) is 13.7 Å². The van der Waals surface area contributed by atoms with Gasteiger partial charge in [0.05, 0.1) is 13.7 Å². The van der Waals surface area contributed by atoms with Gasteiger partial charge in [-0.1, -0.05) is 6.07 Å². The van der Waals surface area contributed by atoms with Crippen molar-refractivity contribution in [2.45, 2.75) is 12.7 Å². The monoisotopic (exact) mass is 274 g/mol. The standard InChI is InChI=1S/C15H18N2O3/c1-19-14-8-11(10-18)2-3-13(14)20-15(9-16)12-4-6-17-7-5-12/h2-8,15,18H,9-10,16H2,1H3. The predicted octanol–water partition coefficient (Wildman–Crippen LogP) is 1.66. The fourth-order valence-electron chi connectivity index (χ4n) is 1.89. The first-order chi connectivity index (χ1) is 9.78. The maximum atomic E-state index is 9.13. The SMILES string of the molecule is COc1cc(CO)ccc1OC(CN)c1ccncc1. The van der Waals surface area contributed by atoms with Gasteiger partial charge in [0.25, 0.3) is 0 Å². The van der Waals surface area contributed by atoms with E-state index in [1.165, 1.54) is 0 Å². The Balaban J connectivity index is 2.23. The highest BCUT2D eigenvalue weighted by Crippen LogP contribution is 2.31. The number of nitrogens with zero attached hydrogens (tertiary/aromatic N) is 1. The molecule has 0 aliphatic carbocycles. The average molecular weight is 274 g/mol. The van der Waals surface area contributed by atoms with Crippen molar-refractivity contribution in [2.24, 2.45) is 5.73 Å². The largest absolute Gasteiger partial charge is 0.493 e. The zero-order valence-electron chi connectivity index (χ0n) is 11.3. The molecule has 2 rings (SSSR count). The van der Waals surface area contributed by atoms with Crippen LogP contribution in [0, 0.1) is 0 Å². The summed E-state index contributed by atoms with van der Waals surface area (Å²) >= 11 is 0. The number of hydrogen-bond acceptors (Lipinski definition) is 5. The van der Waals surface area contributed by atoms with Crippen molar-refractivity contribution in [3.05, 3.63) is 53.9 Å². The number of aromatic nitrogens is 1. The molecule has 0 saturated heterocycles. The van der Waals surface area contributed by atoms with Crippen molar-refractivity contribution >= 4 is 0 Å². The lowest BCUT2D eigenvalue weighted by Crippen LogP contribution is -2.18. The Bertz CT molecular complexity index is 546. The number of rotatable bonds is 6. The van der Waals surface area contributed by atoms with Crippen LogP contribution in [0.25, 0.3) is 0 Å². The van der Waals surface area contributed by atoms with E-state index in [2.05, 4.69) is 4.98 Å². The van der Waals surface area contributed by atoms with Gasteiger partial charge >= 0.3 is 0 Å². The summed E-state index contributed by atoms with van der Waals surface area (Å²) in [5, 5.41) is 9.13. The number of aliphatic hydroxyl groups is 1. The molecule has 0 amide bonds. The lowest BCUT2D eigenvalue weighted by atomic mass is 10.1. The molecule has 1 atom stereocenters. The van der Waals surface area contributed by atoms with Crippen LogP contribution in [0.4, 0.5) is 0 Å². The summed E-state index contributed by atoms with van der Waals surface area (Å²) in [5.74, 6) is 1.17. The molecule has 5 heteroatoms. The highest BCUT2D eigenvalue weighted by molar-refractivity contribution is 5.43. The van der Waals surface area contributed by atoms with E-state index in [9.17, 15) is 0 Å². The van der Waals surface area contributed by atoms with Gasteiger partial charge in [-0.2, -0.15) is 0 Å². The minimum absolute atomic E-state index is 0.0404. The van der Waals surface area contributed by atoms with Crippen LogP contribution in [0.3, 0.4) is 0 Å². The van der Waals surface area contributed by atoms with Crippen molar-refractivity contribution in [1.82, 2.24) is 4.98 Å². The first kappa shape index (κ1) is 14.3. The predicted molar refractivity (Wildman–Crippen MR) is 75.6 cm³/mol. The lowest BCUT2D eigenvalue weighted by molar-refractivity contribution is 0.204. The molecule has 106 valence electrons. The Kier molecular flexibility index (Phi) is 4.92. The van der Waals surface area contributed by atoms with E-state index in [1.54, 1.807) is 37.7 Å². The van der Waals surface area contributed by atoms with Crippen molar-refractivity contribution < 1.29 is 14.6 Å². The maximum Gasteiger partial charge on any atom is 0.162 e. The van der Waals surface area contributed by atoms with Gasteiger partial charge < -0.3 is 20.3 Å². The van der Waals surface area contributed by atoms with Crippen molar-refractivity contribution in [3.8, 4) is 11.5 Å². The van der Waals surface area contributed by atoms with E-state index in [0.717, 1.165) is 11.1 Å². The van der Waals surface area contributed by atoms with E-state index >= 15 is 0 Å². The summed E-state index contributed by atoms with van der Waals surface area (Å²) in [5.41, 5.74) is 7.49. The number of aliphatic hydroxyl groups excluding tert-OH is 1. The Morgan fingerprint density at radius 3 is 2.55 bits per heavy atom. The van der Waals surface area contributed by atoms with Gasteiger partial charge in [0, 0.05) is 18.9 Å². The molecular formula is C15H18N2O3. The van der Waals surface area contributed by atoms with Crippen LogP contribution >= 0.6 is 0 Å². The summed E-state index contributed by atoms with van der Waals surface area (Å²) in [7, 11) is 1.56. The summed E-state index contributed by atoms with van der Waals surface area (Å²) in [6, 6.07) is 9.04. The van der Waals surface area contributed by atoms with Gasteiger partial charge in [-0.05, 0) is 35.4 Å². The molecule has 1 heterocycles. The molecule has 0 aliphatic rings. The van der Waals surface area contributed by atoms with Crippen LogP contribution in [0.1, 0.15) is 17.2 Å². The van der Waals surface area contributed by atoms with Crippen molar-refractivity contribution in [3.63, 3.8) is 0 Å². The van der Waals surface area contributed by atoms with Gasteiger partial charge in [-0.15, -0.1) is 0 Å². The molecular weight excluding hydrogens is 256 g/mol. The number of pyridine rings is 1. The number of ether oxygens (including phenoxy) is 2. The number of benzene rings is 1. The van der Waals surface area contributed by atoms with Crippen LogP contribution in [0.5, 0.6) is 11.5 Å². The molecule has 20 heavy (non-hydrogen) atoms. The van der Waals surface area contributed by atoms with E-state index in [-0.39, 0.29) is 12.7 Å². The highest BCUT2D eigenvalue weighted by Gasteiger charge is 2.14. The van der Waals surface area contributed by atoms with E-state index in [1.807, 2.05) is 12.1 Å². The fraction of sp³-hybridized carbons (Fsp3) is 0.267. The molecule has 0 spiro atoms. The van der Waals surface area contributed by atoms with E-state index < -0.39 is 0 Å². The third-order valence-electron chi connectivity index (χ3n) is 2.97. The van der Waals surface area contributed by atoms with Gasteiger partial charge in [-0.25, -0.2) is 0 Å². The minimum atomic E-state index is -0.271. The van der Waals surface area contributed by atoms with Crippen LogP contribution < -0.4 is 15.2 Å². The zero-order chi connectivity index (χ0) is 14.4. The highest BCUT2D eigenvalue weighted by atomic mass is 16.5. The van der Waals surface area contributed by atoms with Crippen LogP contribution in [-0.2, 0) is 6.61 Å². The molecule has 0 saturated carbocycles. The number of methoxy groups -OCH3 is 1. The Labute approximate surface area is 118 Å². The molecule has 0 fully saturated rings. The maximum absolute atomic E-state index is 9.13. The Morgan fingerprint density at radius 2 is 1.95 bits per heavy atom. The summed E-state index contributed by atoms with van der Waals surface area (Å²) in [4.78, 5) is 3.98. The number of hydrogen-bond donors (Lipinski definition) is 2. The van der Waals surface area contributed by atoms with Crippen LogP contribution in [-0.4, -0.2) is 23.7 Å². The van der Waals surface area contributed by atoms with E-state index in [0.29, 0.717) is 18.0 Å². The van der Waals surface area contributed by atoms with Gasteiger partial charge in [0.2, 0.25) is 0 Å². The third-order valence-corrected chi connectivity index (χ3v) is 2.97. The summed E-state index contributed by atoms with van der Waals surface area (Å²) < 4.78 is 11.2. The number of nitrogens with two attached hydrogens (primary N) is 1. The normalized spacial score (nSPS) is 11.9. The van der Waals surface area contributed by atoms with Gasteiger partial charge in [0.15, 0.2) is 11.5 Å². The van der Waals surface area contributed by atoms with Gasteiger partial charge in [-0.3, -0.25) is 4.98 Å². The molecule has 1 aromatic heterocycles. The van der Waals surface area contributed by atoms with Gasteiger partial charge in [0.1, 0.15) is 6.10 Å². The molecule has 1 aromatic carbocycles. The molecule has 2 aromatic rings. The second-order valence-electron chi connectivity index (χ2n) is 4.27. The first-order valence-electron chi connectivity index (χ1n) is 6.33. The minimum Gasteiger partial charge on any atom is -0.493 e. The summed E-state index contributed by atoms with van der Waals surface area (Å²) in [6.07, 6.45) is 3.13. The topological polar surface area (TPSA) is 77.6 Å².